The van der Waals surface area contributed by atoms with Crippen molar-refractivity contribution in [2.24, 2.45) is 5.41 Å². The zero-order valence-corrected chi connectivity index (χ0v) is 23.3. The monoisotopic (exact) mass is 545 g/mol. The van der Waals surface area contributed by atoms with Crippen LogP contribution < -0.4 is 31.1 Å². The molecule has 11 heteroatoms. The number of fused-ring (bicyclic) bond motifs is 1. The maximum atomic E-state index is 13.3. The summed E-state index contributed by atoms with van der Waals surface area (Å²) in [6, 6.07) is 9.14. The molecule has 1 aromatic carbocycles. The van der Waals surface area contributed by atoms with Gasteiger partial charge in [0, 0.05) is 61.3 Å². The number of nitrogens with one attached hydrogen (secondary N) is 4. The van der Waals surface area contributed by atoms with Crippen molar-refractivity contribution in [3.8, 4) is 5.88 Å². The summed E-state index contributed by atoms with van der Waals surface area (Å²) >= 11 is 0. The third-order valence-corrected chi connectivity index (χ3v) is 7.10. The van der Waals surface area contributed by atoms with Crippen LogP contribution in [0.4, 0.5) is 28.4 Å². The van der Waals surface area contributed by atoms with Crippen LogP contribution in [0.5, 0.6) is 5.88 Å². The van der Waals surface area contributed by atoms with E-state index in [1.807, 2.05) is 56.9 Å². The van der Waals surface area contributed by atoms with Gasteiger partial charge in [0.2, 0.25) is 11.8 Å². The second-order valence-corrected chi connectivity index (χ2v) is 11.0. The number of piperazine rings is 1. The first-order valence-electron chi connectivity index (χ1n) is 13.4. The first-order chi connectivity index (χ1) is 19.1. The SMILES string of the molecule is Cc1c(Nc2cc[nH]c(=O)c2C(=O)Nc2ccc(N3CCN(C(=O)C(C)(C)C)CC3)cc2)cnc2c1NCCO2. The molecule has 0 unspecified atom stereocenters. The summed E-state index contributed by atoms with van der Waals surface area (Å²) in [6.07, 6.45) is 3.12. The molecule has 1 fully saturated rings. The Morgan fingerprint density at radius 2 is 1.75 bits per heavy atom. The summed E-state index contributed by atoms with van der Waals surface area (Å²) < 4.78 is 5.59. The van der Waals surface area contributed by atoms with Gasteiger partial charge < -0.3 is 35.5 Å². The van der Waals surface area contributed by atoms with Crippen LogP contribution in [0.25, 0.3) is 0 Å². The van der Waals surface area contributed by atoms with Crippen LogP contribution in [0.1, 0.15) is 36.7 Å². The molecule has 0 atom stereocenters. The minimum atomic E-state index is -0.531. The number of carbonyl (C=O) groups is 2. The highest BCUT2D eigenvalue weighted by molar-refractivity contribution is 6.08. The number of ether oxygens (including phenoxy) is 1. The largest absolute Gasteiger partial charge is 0.474 e. The van der Waals surface area contributed by atoms with Gasteiger partial charge in [-0.3, -0.25) is 14.4 Å². The highest BCUT2D eigenvalue weighted by Gasteiger charge is 2.29. The number of hydrogen-bond acceptors (Lipinski definition) is 8. The van der Waals surface area contributed by atoms with E-state index in [2.05, 4.69) is 30.8 Å². The van der Waals surface area contributed by atoms with Crippen LogP contribution >= 0.6 is 0 Å². The van der Waals surface area contributed by atoms with Gasteiger partial charge in [0.15, 0.2) is 0 Å². The number of aromatic amines is 1. The van der Waals surface area contributed by atoms with Gasteiger partial charge >= 0.3 is 0 Å². The van der Waals surface area contributed by atoms with Gasteiger partial charge in [-0.05, 0) is 37.3 Å². The fourth-order valence-electron chi connectivity index (χ4n) is 4.89. The van der Waals surface area contributed by atoms with Gasteiger partial charge in [0.05, 0.1) is 17.6 Å². The Bertz CT molecular complexity index is 1470. The number of nitrogens with zero attached hydrogens (tertiary/aromatic N) is 3. The molecule has 0 aliphatic carbocycles. The van der Waals surface area contributed by atoms with Crippen LogP contribution in [0.15, 0.2) is 47.5 Å². The molecule has 3 aromatic rings. The van der Waals surface area contributed by atoms with Crippen LogP contribution in [0.2, 0.25) is 0 Å². The fourth-order valence-corrected chi connectivity index (χ4v) is 4.89. The number of carbonyl (C=O) groups excluding carboxylic acids is 2. The summed E-state index contributed by atoms with van der Waals surface area (Å²) in [5, 5.41) is 9.32. The van der Waals surface area contributed by atoms with E-state index in [4.69, 9.17) is 4.74 Å². The summed E-state index contributed by atoms with van der Waals surface area (Å²) in [4.78, 5) is 49.7. The molecule has 2 aromatic heterocycles. The predicted molar refractivity (Wildman–Crippen MR) is 156 cm³/mol. The Labute approximate surface area is 232 Å². The Morgan fingerprint density at radius 3 is 2.45 bits per heavy atom. The molecule has 0 radical (unpaired) electrons. The molecule has 2 aliphatic rings. The van der Waals surface area contributed by atoms with Crippen LogP contribution in [0.3, 0.4) is 0 Å². The molecule has 11 nitrogen and oxygen atoms in total. The third-order valence-electron chi connectivity index (χ3n) is 7.10. The molecular formula is C29H35N7O4. The predicted octanol–water partition coefficient (Wildman–Crippen LogP) is 3.57. The van der Waals surface area contributed by atoms with Crippen molar-refractivity contribution in [1.29, 1.82) is 0 Å². The minimum Gasteiger partial charge on any atom is -0.474 e. The van der Waals surface area contributed by atoms with Gasteiger partial charge in [-0.1, -0.05) is 20.8 Å². The van der Waals surface area contributed by atoms with Crippen molar-refractivity contribution in [3.05, 3.63) is 64.2 Å². The molecule has 0 saturated carbocycles. The lowest BCUT2D eigenvalue weighted by atomic mass is 9.94. The van der Waals surface area contributed by atoms with E-state index in [1.54, 1.807) is 12.3 Å². The lowest BCUT2D eigenvalue weighted by Crippen LogP contribution is -2.51. The van der Waals surface area contributed by atoms with E-state index in [-0.39, 0.29) is 16.9 Å². The van der Waals surface area contributed by atoms with Crippen molar-refractivity contribution >= 4 is 40.3 Å². The molecule has 2 aliphatic heterocycles. The molecule has 210 valence electrons. The first kappa shape index (κ1) is 27.0. The Morgan fingerprint density at radius 1 is 1.02 bits per heavy atom. The molecule has 4 heterocycles. The number of amides is 2. The molecule has 40 heavy (non-hydrogen) atoms. The van der Waals surface area contributed by atoms with Crippen molar-refractivity contribution in [2.45, 2.75) is 27.7 Å². The van der Waals surface area contributed by atoms with Crippen molar-refractivity contribution in [1.82, 2.24) is 14.9 Å². The number of rotatable bonds is 5. The zero-order valence-electron chi connectivity index (χ0n) is 23.3. The number of aromatic nitrogens is 2. The third kappa shape index (κ3) is 5.58. The minimum absolute atomic E-state index is 0.0347. The number of pyridine rings is 2. The van der Waals surface area contributed by atoms with Gasteiger partial charge in [0.25, 0.3) is 11.5 Å². The Kier molecular flexibility index (Phi) is 7.38. The van der Waals surface area contributed by atoms with Gasteiger partial charge in [0.1, 0.15) is 17.9 Å². The second kappa shape index (κ2) is 10.9. The van der Waals surface area contributed by atoms with E-state index < -0.39 is 11.5 Å². The van der Waals surface area contributed by atoms with Crippen molar-refractivity contribution in [3.63, 3.8) is 0 Å². The van der Waals surface area contributed by atoms with E-state index in [9.17, 15) is 14.4 Å². The molecule has 0 spiro atoms. The molecular weight excluding hydrogens is 510 g/mol. The maximum absolute atomic E-state index is 13.3. The van der Waals surface area contributed by atoms with Gasteiger partial charge in [-0.25, -0.2) is 4.98 Å². The molecule has 5 rings (SSSR count). The summed E-state index contributed by atoms with van der Waals surface area (Å²) in [7, 11) is 0. The lowest BCUT2D eigenvalue weighted by molar-refractivity contribution is -0.139. The number of hydrogen-bond donors (Lipinski definition) is 4. The Balaban J connectivity index is 1.27. The molecule has 0 bridgehead atoms. The smallest absolute Gasteiger partial charge is 0.263 e. The second-order valence-electron chi connectivity index (χ2n) is 11.0. The topological polar surface area (TPSA) is 132 Å². The maximum Gasteiger partial charge on any atom is 0.263 e. The fraction of sp³-hybridized carbons (Fsp3) is 0.379. The highest BCUT2D eigenvalue weighted by atomic mass is 16.5. The van der Waals surface area contributed by atoms with Gasteiger partial charge in [-0.15, -0.1) is 0 Å². The number of benzene rings is 1. The van der Waals surface area contributed by atoms with E-state index in [1.165, 1.54) is 6.20 Å². The molecule has 1 saturated heterocycles. The summed E-state index contributed by atoms with van der Waals surface area (Å²) in [6.45, 7) is 11.8. The molecule has 4 N–H and O–H groups in total. The lowest BCUT2D eigenvalue weighted by Gasteiger charge is -2.38. The number of anilines is 5. The number of H-pyrrole nitrogens is 1. The summed E-state index contributed by atoms with van der Waals surface area (Å²) in [5.41, 5.74) is 3.32. The van der Waals surface area contributed by atoms with E-state index >= 15 is 0 Å². The van der Waals surface area contributed by atoms with E-state index in [0.717, 1.165) is 30.0 Å². The normalized spacial score (nSPS) is 15.0. The standard InChI is InChI=1S/C29H35N7O4/c1-18-22(17-32-27-24(18)30-11-16-40-27)34-21-9-10-31-25(37)23(21)26(38)33-19-5-7-20(8-6-19)35-12-14-36(15-13-35)28(39)29(2,3)4/h5-10,17,30H,11-16H2,1-4H3,(H,33,38)(H2,31,34,37). The van der Waals surface area contributed by atoms with E-state index in [0.29, 0.717) is 49.2 Å². The Hall–Kier alpha value is -4.54. The summed E-state index contributed by atoms with van der Waals surface area (Å²) in [5.74, 6) is 0.164. The zero-order chi connectivity index (χ0) is 28.4. The average Bonchev–Trinajstić information content (AvgIpc) is 2.94. The van der Waals surface area contributed by atoms with Crippen molar-refractivity contribution < 1.29 is 14.3 Å². The van der Waals surface area contributed by atoms with Crippen LogP contribution in [-0.4, -0.2) is 66.0 Å². The first-order valence-corrected chi connectivity index (χ1v) is 13.4. The quantitative estimate of drug-likeness (QED) is 0.383. The average molecular weight is 546 g/mol. The highest BCUT2D eigenvalue weighted by Crippen LogP contribution is 2.34. The van der Waals surface area contributed by atoms with Gasteiger partial charge in [-0.2, -0.15) is 0 Å². The van der Waals surface area contributed by atoms with Crippen LogP contribution in [0, 0.1) is 12.3 Å². The van der Waals surface area contributed by atoms with Crippen molar-refractivity contribution in [2.75, 3.05) is 60.2 Å². The van der Waals surface area contributed by atoms with Crippen LogP contribution in [-0.2, 0) is 4.79 Å². The molecule has 2 amide bonds.